The molecule has 0 N–H and O–H groups in total. The Morgan fingerprint density at radius 1 is 0.375 bits per heavy atom. The first-order chi connectivity index (χ1) is 19.9. The third-order valence-corrected chi connectivity index (χ3v) is 9.40. The minimum atomic E-state index is 0.222. The van der Waals surface area contributed by atoms with Gasteiger partial charge in [-0.3, -0.25) is 0 Å². The van der Waals surface area contributed by atoms with E-state index in [1.165, 1.54) is 87.7 Å². The van der Waals surface area contributed by atoms with Crippen molar-refractivity contribution in [2.24, 2.45) is 0 Å². The van der Waals surface area contributed by atoms with Gasteiger partial charge in [-0.1, -0.05) is 121 Å². The summed E-state index contributed by atoms with van der Waals surface area (Å²) in [5.41, 5.74) is 10.8. The Balaban J connectivity index is 1.37. The van der Waals surface area contributed by atoms with Crippen molar-refractivity contribution in [2.75, 3.05) is 4.90 Å². The van der Waals surface area contributed by atoms with E-state index < -0.39 is 0 Å². The van der Waals surface area contributed by atoms with Crippen LogP contribution in [0.25, 0.3) is 54.2 Å². The van der Waals surface area contributed by atoms with E-state index in [-0.39, 0.29) is 6.71 Å². The Bertz CT molecular complexity index is 2330. The predicted octanol–water partition coefficient (Wildman–Crippen LogP) is 8.02. The minimum Gasteiger partial charge on any atom is -0.311 e. The third kappa shape index (κ3) is 2.45. The van der Waals surface area contributed by atoms with E-state index in [0.29, 0.717) is 0 Å². The van der Waals surface area contributed by atoms with Crippen molar-refractivity contribution in [3.05, 3.63) is 133 Å². The van der Waals surface area contributed by atoms with Crippen molar-refractivity contribution in [3.8, 4) is 11.1 Å². The number of hydrogen-bond donors (Lipinski definition) is 0. The quantitative estimate of drug-likeness (QED) is 0.162. The molecule has 1 nitrogen and oxygen atoms in total. The molecule has 2 heterocycles. The maximum atomic E-state index is 2.55. The molecular weight excluding hydrogens is 481 g/mol. The van der Waals surface area contributed by atoms with Crippen LogP contribution in [-0.2, 0) is 0 Å². The smallest absolute Gasteiger partial charge is 0.249 e. The van der Waals surface area contributed by atoms with Crippen LogP contribution in [0.5, 0.6) is 0 Å². The highest BCUT2D eigenvalue weighted by molar-refractivity contribution is 7.02. The van der Waals surface area contributed by atoms with Crippen LogP contribution in [0.15, 0.2) is 133 Å². The summed E-state index contributed by atoms with van der Waals surface area (Å²) in [4.78, 5) is 2.55. The van der Waals surface area contributed by atoms with Crippen molar-refractivity contribution in [2.45, 2.75) is 0 Å². The Morgan fingerprint density at radius 2 is 1.00 bits per heavy atom. The van der Waals surface area contributed by atoms with Crippen LogP contribution < -0.4 is 21.3 Å². The molecule has 0 saturated carbocycles. The number of rotatable bonds is 1. The third-order valence-electron chi connectivity index (χ3n) is 9.40. The van der Waals surface area contributed by atoms with Gasteiger partial charge in [0.15, 0.2) is 0 Å². The van der Waals surface area contributed by atoms with Gasteiger partial charge < -0.3 is 4.90 Å². The van der Waals surface area contributed by atoms with Gasteiger partial charge in [0.05, 0.1) is 5.69 Å². The molecule has 2 aliphatic heterocycles. The second-order valence-corrected chi connectivity index (χ2v) is 11.3. The summed E-state index contributed by atoms with van der Waals surface area (Å²) in [5, 5.41) is 10.5. The fourth-order valence-electron chi connectivity index (χ4n) is 7.82. The maximum Gasteiger partial charge on any atom is 0.249 e. The van der Waals surface area contributed by atoms with Crippen molar-refractivity contribution in [1.29, 1.82) is 0 Å². The van der Waals surface area contributed by atoms with E-state index in [1.54, 1.807) is 0 Å². The Labute approximate surface area is 232 Å². The number of hydrogen-bond acceptors (Lipinski definition) is 1. The minimum absolute atomic E-state index is 0.222. The predicted molar refractivity (Wildman–Crippen MR) is 172 cm³/mol. The van der Waals surface area contributed by atoms with Gasteiger partial charge in [0.1, 0.15) is 0 Å². The molecule has 8 aromatic rings. The lowest BCUT2D eigenvalue weighted by Gasteiger charge is -2.37. The zero-order chi connectivity index (χ0) is 25.9. The second kappa shape index (κ2) is 7.31. The lowest BCUT2D eigenvalue weighted by atomic mass is 9.36. The van der Waals surface area contributed by atoms with Crippen molar-refractivity contribution in [1.82, 2.24) is 0 Å². The summed E-state index contributed by atoms with van der Waals surface area (Å²) in [5.74, 6) is 0. The van der Waals surface area contributed by atoms with Crippen LogP contribution in [0, 0.1) is 0 Å². The standard InChI is InChI=1S/C38H22BN/c1-2-10-27-23(7-1)18-22-34-37(27)39-31-13-4-3-11-28(31)29-12-6-14-33(38(29)39)40(34)32-21-19-26-16-15-24-8-5-9-25-17-20-30(32)36(26)35(24)25/h1-22H. The van der Waals surface area contributed by atoms with Crippen LogP contribution in [0.1, 0.15) is 0 Å². The fraction of sp³-hybridized carbons (Fsp3) is 0. The van der Waals surface area contributed by atoms with Gasteiger partial charge in [0.2, 0.25) is 6.71 Å². The zero-order valence-electron chi connectivity index (χ0n) is 21.7. The summed E-state index contributed by atoms with van der Waals surface area (Å²) >= 11 is 0. The molecule has 0 spiro atoms. The number of anilines is 3. The molecule has 182 valence electrons. The highest BCUT2D eigenvalue weighted by Gasteiger charge is 2.43. The molecule has 0 aliphatic carbocycles. The molecular formula is C38H22BN. The van der Waals surface area contributed by atoms with E-state index in [9.17, 15) is 0 Å². The molecule has 0 radical (unpaired) electrons. The molecule has 0 unspecified atom stereocenters. The highest BCUT2D eigenvalue weighted by Crippen LogP contribution is 2.46. The van der Waals surface area contributed by atoms with E-state index in [1.807, 2.05) is 0 Å². The molecule has 0 bridgehead atoms. The first-order valence-corrected chi connectivity index (χ1v) is 14.1. The van der Waals surface area contributed by atoms with Crippen molar-refractivity contribution in [3.63, 3.8) is 0 Å². The fourth-order valence-corrected chi connectivity index (χ4v) is 7.82. The average Bonchev–Trinajstić information content (AvgIpc) is 3.35. The summed E-state index contributed by atoms with van der Waals surface area (Å²) in [6.07, 6.45) is 0. The molecule has 0 atom stereocenters. The van der Waals surface area contributed by atoms with E-state index in [0.717, 1.165) is 0 Å². The van der Waals surface area contributed by atoms with E-state index in [4.69, 9.17) is 0 Å². The molecule has 10 rings (SSSR count). The SMILES string of the molecule is c1ccc2c(c1)B1c3c-2cccc3N(c2ccc3ccc4cccc5ccc2c3c45)c2ccc3ccccc3c21. The summed E-state index contributed by atoms with van der Waals surface area (Å²) in [7, 11) is 0. The van der Waals surface area contributed by atoms with Gasteiger partial charge in [0.25, 0.3) is 0 Å². The summed E-state index contributed by atoms with van der Waals surface area (Å²) in [6.45, 7) is 0.222. The average molecular weight is 503 g/mol. The highest BCUT2D eigenvalue weighted by atomic mass is 15.2. The van der Waals surface area contributed by atoms with E-state index >= 15 is 0 Å². The van der Waals surface area contributed by atoms with Gasteiger partial charge in [-0.15, -0.1) is 0 Å². The van der Waals surface area contributed by atoms with Gasteiger partial charge >= 0.3 is 0 Å². The number of nitrogens with zero attached hydrogens (tertiary/aromatic N) is 1. The van der Waals surface area contributed by atoms with Crippen molar-refractivity contribution >= 4 is 83.3 Å². The first-order valence-electron chi connectivity index (χ1n) is 14.1. The van der Waals surface area contributed by atoms with Crippen LogP contribution >= 0.6 is 0 Å². The van der Waals surface area contributed by atoms with Crippen molar-refractivity contribution < 1.29 is 0 Å². The van der Waals surface area contributed by atoms with Crippen LogP contribution in [-0.4, -0.2) is 6.71 Å². The molecule has 0 amide bonds. The lowest BCUT2D eigenvalue weighted by molar-refractivity contribution is 1.32. The van der Waals surface area contributed by atoms with Crippen LogP contribution in [0.2, 0.25) is 0 Å². The first kappa shape index (κ1) is 20.8. The Morgan fingerprint density at radius 3 is 1.93 bits per heavy atom. The largest absolute Gasteiger partial charge is 0.311 e. The van der Waals surface area contributed by atoms with Gasteiger partial charge in [-0.2, -0.15) is 0 Å². The molecule has 40 heavy (non-hydrogen) atoms. The van der Waals surface area contributed by atoms with Gasteiger partial charge in [-0.05, 0) is 78.0 Å². The molecule has 0 saturated heterocycles. The Hall–Kier alpha value is -5.08. The topological polar surface area (TPSA) is 3.24 Å². The normalized spacial score (nSPS) is 13.4. The number of fused-ring (bicyclic) bond motifs is 7. The molecule has 0 fully saturated rings. The molecule has 2 heteroatoms. The molecule has 0 aromatic heterocycles. The van der Waals surface area contributed by atoms with Gasteiger partial charge in [0, 0.05) is 16.8 Å². The second-order valence-electron chi connectivity index (χ2n) is 11.3. The van der Waals surface area contributed by atoms with Crippen LogP contribution in [0.3, 0.4) is 0 Å². The summed E-state index contributed by atoms with van der Waals surface area (Å²) < 4.78 is 0. The molecule has 8 aromatic carbocycles. The van der Waals surface area contributed by atoms with Gasteiger partial charge in [-0.25, -0.2) is 0 Å². The maximum absolute atomic E-state index is 2.55. The zero-order valence-corrected chi connectivity index (χ0v) is 21.7. The Kier molecular flexibility index (Phi) is 3.81. The van der Waals surface area contributed by atoms with Crippen LogP contribution in [0.4, 0.5) is 17.1 Å². The number of benzene rings is 8. The lowest BCUT2D eigenvalue weighted by Crippen LogP contribution is -2.55. The monoisotopic (exact) mass is 503 g/mol. The van der Waals surface area contributed by atoms with E-state index in [2.05, 4.69) is 138 Å². The summed E-state index contributed by atoms with van der Waals surface area (Å²) in [6, 6.07) is 49.9. The molecule has 2 aliphatic rings.